The second-order valence-corrected chi connectivity index (χ2v) is 15.5. The molecule has 3 aliphatic carbocycles. The van der Waals surface area contributed by atoms with E-state index in [2.05, 4.69) is 10.5 Å². The summed E-state index contributed by atoms with van der Waals surface area (Å²) in [5.41, 5.74) is 4.76. The third-order valence-corrected chi connectivity index (χ3v) is 11.3. The van der Waals surface area contributed by atoms with Crippen molar-refractivity contribution >= 4 is 27.3 Å². The Morgan fingerprint density at radius 2 is 1.84 bits per heavy atom. The molecule has 2 aromatic carbocycles. The van der Waals surface area contributed by atoms with Crippen LogP contribution in [0.3, 0.4) is 0 Å². The van der Waals surface area contributed by atoms with Crippen LogP contribution in [0.4, 0.5) is 10.1 Å². The number of carbonyl (C=O) groups is 2. The van der Waals surface area contributed by atoms with Gasteiger partial charge in [0.15, 0.2) is 15.7 Å². The first-order valence-electron chi connectivity index (χ1n) is 16.4. The number of halogens is 1. The third-order valence-electron chi connectivity index (χ3n) is 9.46. The number of ether oxygens (including phenoxy) is 1. The van der Waals surface area contributed by atoms with Crippen molar-refractivity contribution in [2.75, 3.05) is 17.7 Å². The summed E-state index contributed by atoms with van der Waals surface area (Å²) in [5, 5.41) is 7.24. The van der Waals surface area contributed by atoms with Gasteiger partial charge in [0.2, 0.25) is 11.8 Å². The number of nitrogens with zero attached hydrogens (tertiary/aromatic N) is 3. The van der Waals surface area contributed by atoms with Crippen molar-refractivity contribution in [3.05, 3.63) is 65.1 Å². The number of nitrogens with one attached hydrogen (secondary N) is 1. The van der Waals surface area contributed by atoms with Crippen molar-refractivity contribution in [2.45, 2.75) is 93.1 Å². The Bertz CT molecular complexity index is 1850. The number of rotatable bonds is 6. The number of fused-ring (bicyclic) bond motifs is 4. The van der Waals surface area contributed by atoms with Crippen LogP contribution in [0.25, 0.3) is 0 Å². The molecule has 2 bridgehead atoms. The van der Waals surface area contributed by atoms with Crippen LogP contribution >= 0.6 is 0 Å². The quantitative estimate of drug-likeness (QED) is 0.406. The standard InChI is InChI=1S/C32H38FN5O6S/c1-30(2,3)28-35-29(44-37-28)31-9-12-32(13-10-31,14-11-31)36-26(39)21-15-24-25(16-22(21)33)45(41,42)18-23(34)27(40)38(24)17-19-5-7-20(43-4)8-6-19/h5-8,15-16,23H,9-14,17-18,34H2,1-4H3,(H,36,39)/t23-,31?,32?/m0/s1/i4D3. The van der Waals surface area contributed by atoms with Gasteiger partial charge >= 0.3 is 0 Å². The fraction of sp³-hybridized carbons (Fsp3) is 0.500. The van der Waals surface area contributed by atoms with Gasteiger partial charge in [-0.05, 0) is 68.4 Å². The molecule has 0 unspecified atom stereocenters. The highest BCUT2D eigenvalue weighted by Gasteiger charge is 2.53. The van der Waals surface area contributed by atoms with Crippen LogP contribution in [0.5, 0.6) is 5.75 Å². The predicted molar refractivity (Wildman–Crippen MR) is 163 cm³/mol. The summed E-state index contributed by atoms with van der Waals surface area (Å²) in [5.74, 6) is -1.93. The van der Waals surface area contributed by atoms with Crippen LogP contribution in [-0.2, 0) is 32.0 Å². The monoisotopic (exact) mass is 642 g/mol. The molecule has 3 saturated carbocycles. The summed E-state index contributed by atoms with van der Waals surface area (Å²) >= 11 is 0. The minimum atomic E-state index is -4.22. The van der Waals surface area contributed by atoms with Gasteiger partial charge in [-0.1, -0.05) is 38.1 Å². The topological polar surface area (TPSA) is 158 Å². The number of amides is 2. The summed E-state index contributed by atoms with van der Waals surface area (Å²) < 4.78 is 74.6. The number of benzene rings is 2. The van der Waals surface area contributed by atoms with Crippen molar-refractivity contribution in [3.63, 3.8) is 0 Å². The number of hydrogen-bond acceptors (Lipinski definition) is 9. The molecule has 45 heavy (non-hydrogen) atoms. The average molecular weight is 643 g/mol. The molecule has 13 heteroatoms. The van der Waals surface area contributed by atoms with Crippen LogP contribution in [0.2, 0.25) is 0 Å². The van der Waals surface area contributed by atoms with Gasteiger partial charge in [-0.15, -0.1) is 0 Å². The molecule has 3 fully saturated rings. The van der Waals surface area contributed by atoms with E-state index in [4.69, 9.17) is 24.1 Å². The fourth-order valence-corrected chi connectivity index (χ4v) is 8.21. The Morgan fingerprint density at radius 3 is 2.44 bits per heavy atom. The maximum Gasteiger partial charge on any atom is 0.254 e. The van der Waals surface area contributed by atoms with Gasteiger partial charge in [-0.2, -0.15) is 4.98 Å². The van der Waals surface area contributed by atoms with E-state index in [1.807, 2.05) is 20.8 Å². The van der Waals surface area contributed by atoms with E-state index in [1.165, 1.54) is 24.3 Å². The smallest absolute Gasteiger partial charge is 0.254 e. The van der Waals surface area contributed by atoms with Gasteiger partial charge in [0.25, 0.3) is 5.91 Å². The lowest BCUT2D eigenvalue weighted by Crippen LogP contribution is -2.58. The Hall–Kier alpha value is -3.84. The molecule has 3 N–H and O–H groups in total. The molecule has 0 spiro atoms. The van der Waals surface area contributed by atoms with E-state index in [0.29, 0.717) is 55.8 Å². The molecule has 3 aromatic rings. The summed E-state index contributed by atoms with van der Waals surface area (Å²) in [4.78, 5) is 32.6. The molecular weight excluding hydrogens is 601 g/mol. The lowest BCUT2D eigenvalue weighted by Gasteiger charge is -2.52. The first-order chi connectivity index (χ1) is 22.3. The fourth-order valence-electron chi connectivity index (χ4n) is 6.65. The zero-order valence-electron chi connectivity index (χ0n) is 28.4. The van der Waals surface area contributed by atoms with E-state index in [0.717, 1.165) is 17.0 Å². The summed E-state index contributed by atoms with van der Waals surface area (Å²) in [6.45, 7) is 5.85. The summed E-state index contributed by atoms with van der Waals surface area (Å²) in [6.07, 6.45) is 3.90. The maximum atomic E-state index is 15.7. The van der Waals surface area contributed by atoms with Gasteiger partial charge in [0.1, 0.15) is 11.6 Å². The second-order valence-electron chi connectivity index (χ2n) is 13.5. The van der Waals surface area contributed by atoms with Crippen molar-refractivity contribution in [2.24, 2.45) is 5.73 Å². The van der Waals surface area contributed by atoms with Crippen molar-refractivity contribution in [3.8, 4) is 5.75 Å². The highest BCUT2D eigenvalue weighted by atomic mass is 32.2. The SMILES string of the molecule is [2H]C([2H])([2H])Oc1ccc(CN2C(=O)[C@@H](N)CS(=O)(=O)c3cc(F)c(C(=O)NC45CCC(c6nc(C(C)(C)C)no6)(CC4)CC5)cc32)cc1. The molecule has 2 amide bonds. The molecular formula is C32H38FN5O6S. The number of carbonyl (C=O) groups excluding carboxylic acids is 2. The molecule has 4 aliphatic rings. The van der Waals surface area contributed by atoms with E-state index in [-0.39, 0.29) is 28.8 Å². The van der Waals surface area contributed by atoms with E-state index >= 15 is 4.39 Å². The van der Waals surface area contributed by atoms with Gasteiger partial charge in [0, 0.05) is 16.4 Å². The van der Waals surface area contributed by atoms with Gasteiger partial charge < -0.3 is 25.2 Å². The van der Waals surface area contributed by atoms with Crippen LogP contribution < -0.4 is 20.7 Å². The van der Waals surface area contributed by atoms with Crippen molar-refractivity contribution < 1.29 is 35.8 Å². The first kappa shape index (κ1) is 27.5. The second kappa shape index (κ2) is 10.9. The Balaban J connectivity index is 1.26. The van der Waals surface area contributed by atoms with Crippen LogP contribution in [0, 0.1) is 5.82 Å². The average Bonchev–Trinajstić information content (AvgIpc) is 3.51. The van der Waals surface area contributed by atoms with E-state index in [9.17, 15) is 18.0 Å². The largest absolute Gasteiger partial charge is 0.497 e. The summed E-state index contributed by atoms with van der Waals surface area (Å²) in [6, 6.07) is 6.25. The Kier molecular flexibility index (Phi) is 6.65. The first-order valence-corrected chi connectivity index (χ1v) is 16.5. The number of nitrogens with two attached hydrogens (primary N) is 1. The van der Waals surface area contributed by atoms with Gasteiger partial charge in [-0.3, -0.25) is 9.59 Å². The minimum absolute atomic E-state index is 0.0652. The van der Waals surface area contributed by atoms with Crippen LogP contribution in [0.15, 0.2) is 45.8 Å². The predicted octanol–water partition coefficient (Wildman–Crippen LogP) is 3.94. The van der Waals surface area contributed by atoms with Crippen LogP contribution in [0.1, 0.15) is 91.0 Å². The Morgan fingerprint density at radius 1 is 1.18 bits per heavy atom. The highest BCUT2D eigenvalue weighted by Crippen LogP contribution is 2.53. The van der Waals surface area contributed by atoms with Gasteiger partial charge in [-0.25, -0.2) is 12.8 Å². The number of aromatic nitrogens is 2. The number of methoxy groups -OCH3 is 1. The molecule has 1 aromatic heterocycles. The normalized spacial score (nSPS) is 27.1. The Labute approximate surface area is 265 Å². The van der Waals surface area contributed by atoms with E-state index < -0.39 is 62.3 Å². The molecule has 11 nitrogen and oxygen atoms in total. The molecule has 0 radical (unpaired) electrons. The lowest BCUT2D eigenvalue weighted by molar-refractivity contribution is -0.119. The van der Waals surface area contributed by atoms with Crippen LogP contribution in [-0.4, -0.2) is 54.7 Å². The van der Waals surface area contributed by atoms with Gasteiger partial charge in [0.05, 0.1) is 45.6 Å². The highest BCUT2D eigenvalue weighted by molar-refractivity contribution is 7.91. The molecule has 2 heterocycles. The lowest BCUT2D eigenvalue weighted by atomic mass is 9.57. The molecule has 7 rings (SSSR count). The molecule has 0 saturated heterocycles. The molecule has 1 aliphatic heterocycles. The molecule has 240 valence electrons. The van der Waals surface area contributed by atoms with Crippen molar-refractivity contribution in [1.29, 1.82) is 0 Å². The zero-order valence-corrected chi connectivity index (χ0v) is 26.2. The number of hydrogen-bond donors (Lipinski definition) is 2. The number of sulfone groups is 1. The minimum Gasteiger partial charge on any atom is -0.497 e. The maximum absolute atomic E-state index is 15.7. The summed E-state index contributed by atoms with van der Waals surface area (Å²) in [7, 11) is -6.88. The third kappa shape index (κ3) is 5.60. The van der Waals surface area contributed by atoms with Crippen molar-refractivity contribution in [1.82, 2.24) is 15.5 Å². The number of anilines is 1. The molecule has 1 atom stereocenters. The zero-order chi connectivity index (χ0) is 34.9. The van der Waals surface area contributed by atoms with E-state index in [1.54, 1.807) is 0 Å².